The van der Waals surface area contributed by atoms with Gasteiger partial charge in [0.15, 0.2) is 0 Å². The summed E-state index contributed by atoms with van der Waals surface area (Å²) in [4.78, 5) is 12.2. The molecule has 1 aromatic heterocycles. The minimum absolute atomic E-state index is 0.0733. The van der Waals surface area contributed by atoms with Crippen molar-refractivity contribution in [3.63, 3.8) is 0 Å². The van der Waals surface area contributed by atoms with E-state index in [4.69, 9.17) is 9.15 Å². The zero-order chi connectivity index (χ0) is 21.6. The Hall–Kier alpha value is -3.52. The lowest BCUT2D eigenvalue weighted by Crippen LogP contribution is -2.15. The van der Waals surface area contributed by atoms with Crippen molar-refractivity contribution >= 4 is 33.4 Å². The lowest BCUT2D eigenvalue weighted by Gasteiger charge is -2.13. The van der Waals surface area contributed by atoms with Gasteiger partial charge in [-0.2, -0.15) is 0 Å². The van der Waals surface area contributed by atoms with Gasteiger partial charge in [0.2, 0.25) is 5.91 Å². The third-order valence-corrected chi connectivity index (χ3v) is 5.63. The Kier molecular flexibility index (Phi) is 6.58. The van der Waals surface area contributed by atoms with Crippen LogP contribution in [0.15, 0.2) is 76.2 Å². The first-order valence-corrected chi connectivity index (χ1v) is 10.7. The van der Waals surface area contributed by atoms with E-state index in [-0.39, 0.29) is 4.90 Å². The number of carbonyl (C=O) groups is 1. The van der Waals surface area contributed by atoms with Crippen molar-refractivity contribution < 1.29 is 22.4 Å². The van der Waals surface area contributed by atoms with Crippen LogP contribution < -0.4 is 14.8 Å². The molecule has 30 heavy (non-hydrogen) atoms. The van der Waals surface area contributed by atoms with Gasteiger partial charge in [-0.05, 0) is 74.0 Å². The Bertz CT molecular complexity index is 1130. The van der Waals surface area contributed by atoms with Crippen molar-refractivity contribution in [1.82, 2.24) is 0 Å². The van der Waals surface area contributed by atoms with E-state index in [1.165, 1.54) is 24.5 Å². The first-order valence-electron chi connectivity index (χ1n) is 9.26. The summed E-state index contributed by atoms with van der Waals surface area (Å²) in [5.74, 6) is 0.791. The van der Waals surface area contributed by atoms with Crippen LogP contribution in [-0.4, -0.2) is 20.9 Å². The normalized spacial score (nSPS) is 11.4. The first kappa shape index (κ1) is 21.2. The highest BCUT2D eigenvalue weighted by Gasteiger charge is 2.18. The third kappa shape index (κ3) is 5.51. The van der Waals surface area contributed by atoms with Gasteiger partial charge in [0.1, 0.15) is 11.5 Å². The highest BCUT2D eigenvalue weighted by Crippen LogP contribution is 2.24. The Labute approximate surface area is 175 Å². The molecule has 1 heterocycles. The number of amides is 1. The number of nitrogens with one attached hydrogen (secondary N) is 2. The smallest absolute Gasteiger partial charge is 0.262 e. The summed E-state index contributed by atoms with van der Waals surface area (Å²) in [6, 6.07) is 14.8. The van der Waals surface area contributed by atoms with Gasteiger partial charge >= 0.3 is 0 Å². The Morgan fingerprint density at radius 3 is 2.50 bits per heavy atom. The number of hydrogen-bond donors (Lipinski definition) is 2. The largest absolute Gasteiger partial charge is 0.494 e. The third-order valence-electron chi connectivity index (χ3n) is 4.10. The van der Waals surface area contributed by atoms with Gasteiger partial charge in [-0.15, -0.1) is 0 Å². The van der Waals surface area contributed by atoms with Crippen molar-refractivity contribution in [1.29, 1.82) is 0 Å². The topological polar surface area (TPSA) is 97.6 Å². The van der Waals surface area contributed by atoms with Crippen LogP contribution in [0.25, 0.3) is 6.08 Å². The molecule has 0 aliphatic heterocycles. The summed E-state index contributed by atoms with van der Waals surface area (Å²) in [5, 5.41) is 2.65. The predicted molar refractivity (Wildman–Crippen MR) is 116 cm³/mol. The highest BCUT2D eigenvalue weighted by molar-refractivity contribution is 7.92. The van der Waals surface area contributed by atoms with E-state index in [0.717, 1.165) is 0 Å². The molecule has 7 nitrogen and oxygen atoms in total. The van der Waals surface area contributed by atoms with Crippen LogP contribution in [-0.2, 0) is 14.8 Å². The number of anilines is 2. The van der Waals surface area contributed by atoms with E-state index in [1.807, 2.05) is 6.92 Å². The number of ether oxygens (including phenoxy) is 1. The Morgan fingerprint density at radius 1 is 1.10 bits per heavy atom. The summed E-state index contributed by atoms with van der Waals surface area (Å²) in [6.07, 6.45) is 4.34. The molecule has 0 radical (unpaired) electrons. The van der Waals surface area contributed by atoms with Crippen molar-refractivity contribution in [2.75, 3.05) is 16.6 Å². The molecular weight excluding hydrogens is 404 g/mol. The lowest BCUT2D eigenvalue weighted by molar-refractivity contribution is -0.111. The summed E-state index contributed by atoms with van der Waals surface area (Å²) in [7, 11) is -3.85. The van der Waals surface area contributed by atoms with E-state index >= 15 is 0 Å². The highest BCUT2D eigenvalue weighted by atomic mass is 32.2. The first-order chi connectivity index (χ1) is 14.4. The van der Waals surface area contributed by atoms with Gasteiger partial charge in [-0.25, -0.2) is 8.42 Å². The molecule has 8 heteroatoms. The van der Waals surface area contributed by atoms with Gasteiger partial charge in [0.05, 0.1) is 17.8 Å². The number of aryl methyl sites for hydroxylation is 1. The molecule has 0 aliphatic rings. The number of benzene rings is 2. The molecule has 3 aromatic rings. The van der Waals surface area contributed by atoms with E-state index in [0.29, 0.717) is 35.1 Å². The van der Waals surface area contributed by atoms with Crippen molar-refractivity contribution in [3.8, 4) is 5.75 Å². The molecular formula is C22H22N2O5S. The summed E-state index contributed by atoms with van der Waals surface area (Å²) in [6.45, 7) is 4.09. The number of carbonyl (C=O) groups excluding carboxylic acids is 1. The summed E-state index contributed by atoms with van der Waals surface area (Å²) in [5.41, 5.74) is 1.33. The van der Waals surface area contributed by atoms with Crippen LogP contribution in [0.5, 0.6) is 5.75 Å². The van der Waals surface area contributed by atoms with Crippen molar-refractivity contribution in [2.24, 2.45) is 0 Å². The number of hydrogen-bond acceptors (Lipinski definition) is 5. The number of rotatable bonds is 8. The second kappa shape index (κ2) is 9.32. The molecule has 2 aromatic carbocycles. The van der Waals surface area contributed by atoms with Crippen LogP contribution in [0.1, 0.15) is 18.2 Å². The minimum atomic E-state index is -3.85. The molecule has 0 aliphatic carbocycles. The van der Waals surface area contributed by atoms with Gasteiger partial charge in [0.25, 0.3) is 10.0 Å². The van der Waals surface area contributed by atoms with Crippen molar-refractivity contribution in [3.05, 3.63) is 78.3 Å². The molecule has 0 bridgehead atoms. The molecule has 2 N–H and O–H groups in total. The molecule has 0 spiro atoms. The van der Waals surface area contributed by atoms with Crippen LogP contribution >= 0.6 is 0 Å². The molecule has 0 unspecified atom stereocenters. The predicted octanol–water partition coefficient (Wildman–Crippen LogP) is 4.44. The number of furan rings is 1. The van der Waals surface area contributed by atoms with E-state index < -0.39 is 15.9 Å². The maximum Gasteiger partial charge on any atom is 0.262 e. The van der Waals surface area contributed by atoms with Gasteiger partial charge in [0, 0.05) is 17.5 Å². The monoisotopic (exact) mass is 426 g/mol. The number of sulfonamides is 1. The molecule has 0 fully saturated rings. The molecule has 0 saturated heterocycles. The SMILES string of the molecule is CCOc1ccc(NS(=O)(=O)c2cc(NC(=O)/C=C/c3ccco3)ccc2C)cc1. The van der Waals surface area contributed by atoms with Gasteiger partial charge < -0.3 is 14.5 Å². The maximum absolute atomic E-state index is 12.9. The zero-order valence-corrected chi connectivity index (χ0v) is 17.4. The van der Waals surface area contributed by atoms with Crippen LogP contribution in [0.2, 0.25) is 0 Å². The van der Waals surface area contributed by atoms with Crippen LogP contribution in [0.3, 0.4) is 0 Å². The van der Waals surface area contributed by atoms with E-state index in [1.54, 1.807) is 55.5 Å². The fourth-order valence-corrected chi connectivity index (χ4v) is 4.02. The molecule has 0 atom stereocenters. The maximum atomic E-state index is 12.9. The van der Waals surface area contributed by atoms with Gasteiger partial charge in [-0.1, -0.05) is 6.07 Å². The molecule has 0 saturated carbocycles. The van der Waals surface area contributed by atoms with Crippen LogP contribution in [0.4, 0.5) is 11.4 Å². The molecule has 3 rings (SSSR count). The minimum Gasteiger partial charge on any atom is -0.494 e. The van der Waals surface area contributed by atoms with Crippen LogP contribution in [0, 0.1) is 6.92 Å². The molecule has 1 amide bonds. The summed E-state index contributed by atoms with van der Waals surface area (Å²) < 4.78 is 38.8. The van der Waals surface area contributed by atoms with E-state index in [9.17, 15) is 13.2 Å². The fourth-order valence-electron chi connectivity index (χ4n) is 2.69. The zero-order valence-electron chi connectivity index (χ0n) is 16.6. The van der Waals surface area contributed by atoms with Gasteiger partial charge in [-0.3, -0.25) is 9.52 Å². The second-order valence-corrected chi connectivity index (χ2v) is 8.03. The van der Waals surface area contributed by atoms with E-state index in [2.05, 4.69) is 10.0 Å². The summed E-state index contributed by atoms with van der Waals surface area (Å²) >= 11 is 0. The molecule has 156 valence electrons. The Balaban J connectivity index is 1.75. The Morgan fingerprint density at radius 2 is 1.83 bits per heavy atom. The lowest BCUT2D eigenvalue weighted by atomic mass is 10.2. The standard InChI is InChI=1S/C22H22N2O5S/c1-3-28-20-10-8-17(9-11-20)24-30(26,27)21-15-18(7-6-16(21)2)23-22(25)13-12-19-5-4-14-29-19/h4-15,24H,3H2,1-2H3,(H,23,25)/b13-12+. The van der Waals surface area contributed by atoms with Crippen molar-refractivity contribution in [2.45, 2.75) is 18.7 Å². The second-order valence-electron chi connectivity index (χ2n) is 6.38. The fraction of sp³-hybridized carbons (Fsp3) is 0.136. The average molecular weight is 426 g/mol. The quantitative estimate of drug-likeness (QED) is 0.519. The average Bonchev–Trinajstić information content (AvgIpc) is 3.23.